The predicted octanol–water partition coefficient (Wildman–Crippen LogP) is 4.02. The standard InChI is InChI=1S/C25H27N3O2/c1-30-24-10-3-2-6-20(24)17-22-8-4-9-23(27-22)21-7-5-15-28(18-21)25(29)16-19-11-13-26-14-12-19/h2-4,6,8-14,21H,5,7,15-18H2,1H3/t21-/m0/s1. The van der Waals surface area contributed by atoms with Crippen molar-refractivity contribution in [2.45, 2.75) is 31.6 Å². The van der Waals surface area contributed by atoms with Crippen molar-refractivity contribution in [2.24, 2.45) is 0 Å². The number of hydrogen-bond donors (Lipinski definition) is 0. The summed E-state index contributed by atoms with van der Waals surface area (Å²) in [6, 6.07) is 18.1. The quantitative estimate of drug-likeness (QED) is 0.626. The van der Waals surface area contributed by atoms with Gasteiger partial charge in [0.05, 0.1) is 13.5 Å². The number of hydrogen-bond acceptors (Lipinski definition) is 4. The molecule has 0 bridgehead atoms. The number of piperidine rings is 1. The number of rotatable bonds is 6. The van der Waals surface area contributed by atoms with Crippen molar-refractivity contribution in [3.05, 3.63) is 89.5 Å². The van der Waals surface area contributed by atoms with E-state index in [0.29, 0.717) is 6.42 Å². The van der Waals surface area contributed by atoms with Crippen LogP contribution in [0.3, 0.4) is 0 Å². The van der Waals surface area contributed by atoms with Crippen molar-refractivity contribution in [1.82, 2.24) is 14.9 Å². The Kier molecular flexibility index (Phi) is 6.38. The lowest BCUT2D eigenvalue weighted by molar-refractivity contribution is -0.131. The van der Waals surface area contributed by atoms with Crippen LogP contribution in [-0.2, 0) is 17.6 Å². The van der Waals surface area contributed by atoms with Crippen LogP contribution in [0.1, 0.15) is 41.3 Å². The van der Waals surface area contributed by atoms with Crippen LogP contribution in [0.5, 0.6) is 5.75 Å². The number of carbonyl (C=O) groups is 1. The summed E-state index contributed by atoms with van der Waals surface area (Å²) in [5.41, 5.74) is 4.23. The third kappa shape index (κ3) is 4.85. The van der Waals surface area contributed by atoms with E-state index < -0.39 is 0 Å². The first kappa shape index (κ1) is 20.1. The number of ether oxygens (including phenoxy) is 1. The van der Waals surface area contributed by atoms with Crippen molar-refractivity contribution in [3.8, 4) is 5.75 Å². The first-order valence-corrected chi connectivity index (χ1v) is 10.5. The van der Waals surface area contributed by atoms with E-state index in [-0.39, 0.29) is 11.8 Å². The molecular formula is C25H27N3O2. The molecule has 1 atom stereocenters. The highest BCUT2D eigenvalue weighted by atomic mass is 16.5. The fourth-order valence-corrected chi connectivity index (χ4v) is 4.10. The van der Waals surface area contributed by atoms with Crippen LogP contribution in [-0.4, -0.2) is 41.0 Å². The maximum Gasteiger partial charge on any atom is 0.227 e. The molecular weight excluding hydrogens is 374 g/mol. The Hall–Kier alpha value is -3.21. The Morgan fingerprint density at radius 1 is 1.10 bits per heavy atom. The molecule has 1 saturated heterocycles. The Bertz CT molecular complexity index is 990. The Morgan fingerprint density at radius 2 is 1.93 bits per heavy atom. The smallest absolute Gasteiger partial charge is 0.227 e. The minimum atomic E-state index is 0.177. The molecule has 0 spiro atoms. The van der Waals surface area contributed by atoms with Gasteiger partial charge < -0.3 is 9.64 Å². The monoisotopic (exact) mass is 401 g/mol. The molecule has 1 aliphatic heterocycles. The minimum Gasteiger partial charge on any atom is -0.496 e. The Balaban J connectivity index is 1.44. The number of pyridine rings is 2. The molecule has 0 radical (unpaired) electrons. The van der Waals surface area contributed by atoms with Crippen molar-refractivity contribution in [1.29, 1.82) is 0 Å². The number of benzene rings is 1. The zero-order valence-electron chi connectivity index (χ0n) is 17.3. The summed E-state index contributed by atoms with van der Waals surface area (Å²) in [5.74, 6) is 1.34. The molecule has 4 rings (SSSR count). The number of methoxy groups -OCH3 is 1. The summed E-state index contributed by atoms with van der Waals surface area (Å²) in [5, 5.41) is 0. The van der Waals surface area contributed by atoms with E-state index in [1.165, 1.54) is 0 Å². The largest absolute Gasteiger partial charge is 0.496 e. The van der Waals surface area contributed by atoms with Gasteiger partial charge in [0.25, 0.3) is 0 Å². The highest BCUT2D eigenvalue weighted by Gasteiger charge is 2.25. The van der Waals surface area contributed by atoms with Gasteiger partial charge in [-0.2, -0.15) is 0 Å². The normalized spacial score (nSPS) is 16.3. The maximum absolute atomic E-state index is 12.8. The summed E-state index contributed by atoms with van der Waals surface area (Å²) in [6.07, 6.45) is 6.69. The van der Waals surface area contributed by atoms with Gasteiger partial charge in [-0.25, -0.2) is 0 Å². The molecule has 5 heteroatoms. The zero-order chi connectivity index (χ0) is 20.8. The Morgan fingerprint density at radius 3 is 2.77 bits per heavy atom. The number of amides is 1. The van der Waals surface area contributed by atoms with Crippen molar-refractivity contribution >= 4 is 5.91 Å². The van der Waals surface area contributed by atoms with Gasteiger partial charge >= 0.3 is 0 Å². The second kappa shape index (κ2) is 9.53. The van der Waals surface area contributed by atoms with Gasteiger partial charge in [-0.15, -0.1) is 0 Å². The third-order valence-corrected chi connectivity index (χ3v) is 5.69. The van der Waals surface area contributed by atoms with Crippen molar-refractivity contribution in [2.75, 3.05) is 20.2 Å². The van der Waals surface area contributed by atoms with Gasteiger partial charge in [-0.1, -0.05) is 24.3 Å². The topological polar surface area (TPSA) is 55.3 Å². The average Bonchev–Trinajstić information content (AvgIpc) is 2.80. The molecule has 0 saturated carbocycles. The molecule has 0 unspecified atom stereocenters. The lowest BCUT2D eigenvalue weighted by atomic mass is 9.93. The van der Waals surface area contributed by atoms with Crippen molar-refractivity contribution in [3.63, 3.8) is 0 Å². The second-order valence-corrected chi connectivity index (χ2v) is 7.75. The summed E-state index contributed by atoms with van der Waals surface area (Å²) in [6.45, 7) is 1.55. The van der Waals surface area contributed by atoms with Gasteiger partial charge in [-0.3, -0.25) is 14.8 Å². The van der Waals surface area contributed by atoms with Crippen LogP contribution < -0.4 is 4.74 Å². The fraction of sp³-hybridized carbons (Fsp3) is 0.320. The highest BCUT2D eigenvalue weighted by molar-refractivity contribution is 5.78. The lowest BCUT2D eigenvalue weighted by Crippen LogP contribution is -2.40. The molecule has 1 fully saturated rings. The van der Waals surface area contributed by atoms with Crippen LogP contribution in [0.2, 0.25) is 0 Å². The van der Waals surface area contributed by atoms with Gasteiger partial charge in [0.15, 0.2) is 0 Å². The molecule has 3 aromatic rings. The van der Waals surface area contributed by atoms with E-state index in [4.69, 9.17) is 9.72 Å². The maximum atomic E-state index is 12.8. The molecule has 1 amide bonds. The predicted molar refractivity (Wildman–Crippen MR) is 117 cm³/mol. The number of carbonyl (C=O) groups excluding carboxylic acids is 1. The van der Waals surface area contributed by atoms with E-state index in [0.717, 1.165) is 60.6 Å². The molecule has 2 aromatic heterocycles. The summed E-state index contributed by atoms with van der Waals surface area (Å²) >= 11 is 0. The molecule has 0 N–H and O–H groups in total. The Labute approximate surface area is 177 Å². The molecule has 1 aliphatic rings. The SMILES string of the molecule is COc1ccccc1Cc1cccc([C@H]2CCCN(C(=O)Cc3ccncc3)C2)n1. The first-order chi connectivity index (χ1) is 14.7. The van der Waals surface area contributed by atoms with Crippen molar-refractivity contribution < 1.29 is 9.53 Å². The number of para-hydroxylation sites is 1. The van der Waals surface area contributed by atoms with Crippen LogP contribution in [0.15, 0.2) is 67.0 Å². The van der Waals surface area contributed by atoms with Crippen LogP contribution in [0.25, 0.3) is 0 Å². The number of nitrogens with zero attached hydrogens (tertiary/aromatic N) is 3. The summed E-state index contributed by atoms with van der Waals surface area (Å²) in [7, 11) is 1.70. The van der Waals surface area contributed by atoms with Crippen LogP contribution in [0.4, 0.5) is 0 Å². The molecule has 5 nitrogen and oxygen atoms in total. The minimum absolute atomic E-state index is 0.177. The summed E-state index contributed by atoms with van der Waals surface area (Å²) in [4.78, 5) is 23.8. The first-order valence-electron chi connectivity index (χ1n) is 10.5. The van der Waals surface area contributed by atoms with Crippen LogP contribution >= 0.6 is 0 Å². The van der Waals surface area contributed by atoms with E-state index in [1.54, 1.807) is 19.5 Å². The molecule has 154 valence electrons. The van der Waals surface area contributed by atoms with E-state index in [9.17, 15) is 4.79 Å². The molecule has 0 aliphatic carbocycles. The van der Waals surface area contributed by atoms with Gasteiger partial charge in [0.1, 0.15) is 5.75 Å². The number of aromatic nitrogens is 2. The van der Waals surface area contributed by atoms with Gasteiger partial charge in [0, 0.05) is 54.8 Å². The van der Waals surface area contributed by atoms with Gasteiger partial charge in [0.2, 0.25) is 5.91 Å². The summed E-state index contributed by atoms with van der Waals surface area (Å²) < 4.78 is 5.48. The highest BCUT2D eigenvalue weighted by Crippen LogP contribution is 2.27. The fourth-order valence-electron chi connectivity index (χ4n) is 4.10. The number of likely N-dealkylation sites (tertiary alicyclic amines) is 1. The third-order valence-electron chi connectivity index (χ3n) is 5.69. The molecule has 30 heavy (non-hydrogen) atoms. The average molecular weight is 402 g/mol. The van der Waals surface area contributed by atoms with E-state index >= 15 is 0 Å². The van der Waals surface area contributed by atoms with Crippen LogP contribution in [0, 0.1) is 0 Å². The second-order valence-electron chi connectivity index (χ2n) is 7.75. The van der Waals surface area contributed by atoms with E-state index in [1.807, 2.05) is 35.2 Å². The zero-order valence-corrected chi connectivity index (χ0v) is 17.3. The van der Waals surface area contributed by atoms with E-state index in [2.05, 4.69) is 29.2 Å². The molecule has 3 heterocycles. The van der Waals surface area contributed by atoms with Gasteiger partial charge in [-0.05, 0) is 48.7 Å². The lowest BCUT2D eigenvalue weighted by Gasteiger charge is -2.32. The molecule has 1 aromatic carbocycles.